The maximum Gasteiger partial charge on any atom is 0.171 e. The van der Waals surface area contributed by atoms with Gasteiger partial charge in [0.15, 0.2) is 5.78 Å². The summed E-state index contributed by atoms with van der Waals surface area (Å²) >= 11 is 0. The molecule has 0 radical (unpaired) electrons. The van der Waals surface area contributed by atoms with E-state index in [-0.39, 0.29) is 18.0 Å². The lowest BCUT2D eigenvalue weighted by Crippen LogP contribution is -2.07. The number of carbonyl (C=O) groups is 1. The summed E-state index contributed by atoms with van der Waals surface area (Å²) in [6.07, 6.45) is 0.271. The number of aryl methyl sites for hydroxylation is 3. The van der Waals surface area contributed by atoms with Crippen molar-refractivity contribution in [1.82, 2.24) is 0 Å². The predicted octanol–water partition coefficient (Wildman–Crippen LogP) is 4.08. The van der Waals surface area contributed by atoms with Gasteiger partial charge in [-0.25, -0.2) is 4.39 Å². The van der Waals surface area contributed by atoms with E-state index in [9.17, 15) is 9.18 Å². The molecule has 0 saturated carbocycles. The first-order chi connectivity index (χ1) is 8.90. The standard InChI is InChI=1S/C16H17FO2/c1-9-7-14(17)6-5-13(9)8-15(18)16-10(2)11(3)19-12(16)4/h5-7H,8H2,1-4H3. The van der Waals surface area contributed by atoms with Crippen LogP contribution in [0.3, 0.4) is 0 Å². The van der Waals surface area contributed by atoms with Crippen LogP contribution in [0.5, 0.6) is 0 Å². The van der Waals surface area contributed by atoms with Crippen LogP contribution in [0.15, 0.2) is 22.6 Å². The van der Waals surface area contributed by atoms with Crippen molar-refractivity contribution in [2.24, 2.45) is 0 Å². The Kier molecular flexibility index (Phi) is 3.56. The van der Waals surface area contributed by atoms with Crippen LogP contribution in [-0.4, -0.2) is 5.78 Å². The summed E-state index contributed by atoms with van der Waals surface area (Å²) in [7, 11) is 0. The second-order valence-corrected chi connectivity index (χ2v) is 4.89. The maximum absolute atomic E-state index is 13.0. The van der Waals surface area contributed by atoms with Crippen molar-refractivity contribution >= 4 is 5.78 Å². The van der Waals surface area contributed by atoms with Crippen molar-refractivity contribution in [2.75, 3.05) is 0 Å². The van der Waals surface area contributed by atoms with E-state index in [1.807, 2.05) is 20.8 Å². The van der Waals surface area contributed by atoms with Crippen LogP contribution >= 0.6 is 0 Å². The normalized spacial score (nSPS) is 10.8. The first kappa shape index (κ1) is 13.5. The lowest BCUT2D eigenvalue weighted by atomic mass is 9.97. The lowest BCUT2D eigenvalue weighted by Gasteiger charge is -2.05. The third kappa shape index (κ3) is 2.60. The van der Waals surface area contributed by atoms with Gasteiger partial charge in [-0.15, -0.1) is 0 Å². The zero-order valence-electron chi connectivity index (χ0n) is 11.6. The molecule has 0 unspecified atom stereocenters. The summed E-state index contributed by atoms with van der Waals surface area (Å²) < 4.78 is 18.5. The van der Waals surface area contributed by atoms with Gasteiger partial charge in [-0.05, 0) is 51.0 Å². The summed E-state index contributed by atoms with van der Waals surface area (Å²) in [6.45, 7) is 7.34. The molecular weight excluding hydrogens is 243 g/mol. The third-order valence-electron chi connectivity index (χ3n) is 3.50. The third-order valence-corrected chi connectivity index (χ3v) is 3.50. The number of hydrogen-bond donors (Lipinski definition) is 0. The summed E-state index contributed by atoms with van der Waals surface area (Å²) in [6, 6.07) is 4.50. The lowest BCUT2D eigenvalue weighted by molar-refractivity contribution is 0.0991. The highest BCUT2D eigenvalue weighted by Crippen LogP contribution is 2.23. The fraction of sp³-hybridized carbons (Fsp3) is 0.312. The average Bonchev–Trinajstić information content (AvgIpc) is 2.57. The van der Waals surface area contributed by atoms with E-state index in [0.29, 0.717) is 11.3 Å². The van der Waals surface area contributed by atoms with Crippen molar-refractivity contribution in [2.45, 2.75) is 34.1 Å². The van der Waals surface area contributed by atoms with Crippen molar-refractivity contribution in [3.63, 3.8) is 0 Å². The van der Waals surface area contributed by atoms with Gasteiger partial charge in [-0.1, -0.05) is 6.07 Å². The largest absolute Gasteiger partial charge is 0.466 e. The molecule has 0 aliphatic heterocycles. The Morgan fingerprint density at radius 2 is 1.84 bits per heavy atom. The van der Waals surface area contributed by atoms with Gasteiger partial charge in [0, 0.05) is 12.0 Å². The summed E-state index contributed by atoms with van der Waals surface area (Å²) in [5, 5.41) is 0. The number of rotatable bonds is 3. The van der Waals surface area contributed by atoms with Crippen molar-refractivity contribution in [1.29, 1.82) is 0 Å². The molecule has 0 atom stereocenters. The van der Waals surface area contributed by atoms with Crippen molar-refractivity contribution < 1.29 is 13.6 Å². The molecule has 1 aromatic heterocycles. The summed E-state index contributed by atoms with van der Waals surface area (Å²) in [5.41, 5.74) is 3.19. The molecule has 0 spiro atoms. The molecule has 3 heteroatoms. The summed E-state index contributed by atoms with van der Waals surface area (Å²) in [4.78, 5) is 12.4. The van der Waals surface area contributed by atoms with Gasteiger partial charge in [0.25, 0.3) is 0 Å². The zero-order chi connectivity index (χ0) is 14.2. The monoisotopic (exact) mass is 260 g/mol. The number of furan rings is 1. The molecule has 0 aliphatic rings. The van der Waals surface area contributed by atoms with E-state index >= 15 is 0 Å². The molecule has 2 nitrogen and oxygen atoms in total. The highest BCUT2D eigenvalue weighted by Gasteiger charge is 2.19. The molecule has 100 valence electrons. The molecule has 2 aromatic rings. The Balaban J connectivity index is 2.31. The van der Waals surface area contributed by atoms with E-state index in [2.05, 4.69) is 0 Å². The van der Waals surface area contributed by atoms with Crippen LogP contribution in [0, 0.1) is 33.5 Å². The number of halogens is 1. The molecule has 1 heterocycles. The van der Waals surface area contributed by atoms with Gasteiger partial charge in [0.05, 0.1) is 5.56 Å². The van der Waals surface area contributed by atoms with Gasteiger partial charge in [0.2, 0.25) is 0 Å². The highest BCUT2D eigenvalue weighted by molar-refractivity contribution is 6.00. The molecule has 19 heavy (non-hydrogen) atoms. The summed E-state index contributed by atoms with van der Waals surface area (Å²) in [5.74, 6) is 1.17. The number of Topliss-reactive ketones (excluding diaryl/α,β-unsaturated/α-hetero) is 1. The second kappa shape index (κ2) is 5.00. The molecule has 0 bridgehead atoms. The molecule has 0 fully saturated rings. The van der Waals surface area contributed by atoms with Crippen LogP contribution < -0.4 is 0 Å². The van der Waals surface area contributed by atoms with E-state index in [0.717, 1.165) is 22.5 Å². The first-order valence-corrected chi connectivity index (χ1v) is 6.25. The molecule has 0 aliphatic carbocycles. The van der Waals surface area contributed by atoms with Crippen LogP contribution in [0.4, 0.5) is 4.39 Å². The van der Waals surface area contributed by atoms with E-state index in [4.69, 9.17) is 4.42 Å². The molecule has 0 saturated heterocycles. The zero-order valence-corrected chi connectivity index (χ0v) is 11.6. The van der Waals surface area contributed by atoms with Gasteiger partial charge >= 0.3 is 0 Å². The maximum atomic E-state index is 13.0. The molecule has 0 amide bonds. The van der Waals surface area contributed by atoms with Crippen LogP contribution in [0.25, 0.3) is 0 Å². The molecule has 1 aromatic carbocycles. The Morgan fingerprint density at radius 1 is 1.16 bits per heavy atom. The van der Waals surface area contributed by atoms with Crippen LogP contribution in [-0.2, 0) is 6.42 Å². The SMILES string of the molecule is Cc1cc(F)ccc1CC(=O)c1c(C)oc(C)c1C. The van der Waals surface area contributed by atoms with E-state index < -0.39 is 0 Å². The molecular formula is C16H17FO2. The van der Waals surface area contributed by atoms with Crippen molar-refractivity contribution in [3.05, 3.63) is 57.8 Å². The number of benzene rings is 1. The Bertz CT molecular complexity index is 638. The second-order valence-electron chi connectivity index (χ2n) is 4.89. The predicted molar refractivity (Wildman–Crippen MR) is 72.1 cm³/mol. The van der Waals surface area contributed by atoms with Crippen LogP contribution in [0.2, 0.25) is 0 Å². The number of carbonyl (C=O) groups excluding carboxylic acids is 1. The minimum Gasteiger partial charge on any atom is -0.466 e. The molecule has 2 rings (SSSR count). The average molecular weight is 260 g/mol. The Morgan fingerprint density at radius 3 is 2.37 bits per heavy atom. The van der Waals surface area contributed by atoms with Crippen molar-refractivity contribution in [3.8, 4) is 0 Å². The van der Waals surface area contributed by atoms with Gasteiger partial charge in [0.1, 0.15) is 17.3 Å². The Labute approximate surface area is 112 Å². The van der Waals surface area contributed by atoms with E-state index in [1.54, 1.807) is 13.0 Å². The van der Waals surface area contributed by atoms with Gasteiger partial charge in [-0.2, -0.15) is 0 Å². The smallest absolute Gasteiger partial charge is 0.171 e. The van der Waals surface area contributed by atoms with Gasteiger partial charge in [-0.3, -0.25) is 4.79 Å². The number of hydrogen-bond acceptors (Lipinski definition) is 2. The quantitative estimate of drug-likeness (QED) is 0.778. The fourth-order valence-electron chi connectivity index (χ4n) is 2.32. The topological polar surface area (TPSA) is 30.2 Å². The Hall–Kier alpha value is -1.90. The van der Waals surface area contributed by atoms with Crippen LogP contribution in [0.1, 0.15) is 38.6 Å². The van der Waals surface area contributed by atoms with Gasteiger partial charge < -0.3 is 4.42 Å². The molecule has 0 N–H and O–H groups in total. The highest BCUT2D eigenvalue weighted by atomic mass is 19.1. The minimum atomic E-state index is -0.278. The van der Waals surface area contributed by atoms with E-state index in [1.165, 1.54) is 12.1 Å². The number of ketones is 1. The fourth-order valence-corrected chi connectivity index (χ4v) is 2.32. The first-order valence-electron chi connectivity index (χ1n) is 6.25. The minimum absolute atomic E-state index is 0.0153.